The van der Waals surface area contributed by atoms with Crippen LogP contribution in [0.15, 0.2) is 23.0 Å². The number of hydrogen-bond acceptors (Lipinski definition) is 2. The van der Waals surface area contributed by atoms with Gasteiger partial charge in [0.05, 0.1) is 18.9 Å². The van der Waals surface area contributed by atoms with Crippen LogP contribution in [0.5, 0.6) is 0 Å². The Morgan fingerprint density at radius 1 is 1.50 bits per heavy atom. The molecule has 1 rings (SSSR count). The molecule has 0 saturated carbocycles. The summed E-state index contributed by atoms with van der Waals surface area (Å²) in [6, 6.07) is 0.403. The predicted molar refractivity (Wildman–Crippen MR) is 36.3 cm³/mol. The Balaban J connectivity index is 2.56. The van der Waals surface area contributed by atoms with Gasteiger partial charge in [-0.25, -0.2) is 0 Å². The molecule has 0 saturated heterocycles. The van der Waals surface area contributed by atoms with Crippen molar-refractivity contribution in [3.8, 4) is 0 Å². The van der Waals surface area contributed by atoms with Crippen molar-refractivity contribution >= 4 is 0 Å². The van der Waals surface area contributed by atoms with Gasteiger partial charge in [0, 0.05) is 11.6 Å². The highest BCUT2D eigenvalue weighted by molar-refractivity contribution is 5.10. The topological polar surface area (TPSA) is 39.2 Å². The van der Waals surface area contributed by atoms with E-state index in [9.17, 15) is 13.2 Å². The van der Waals surface area contributed by atoms with E-state index in [0.29, 0.717) is 5.56 Å². The van der Waals surface area contributed by atoms with E-state index in [2.05, 4.69) is 4.42 Å². The average Bonchev–Trinajstić information content (AvgIpc) is 2.32. The zero-order chi connectivity index (χ0) is 9.19. The van der Waals surface area contributed by atoms with Crippen molar-refractivity contribution in [3.05, 3.63) is 24.2 Å². The fourth-order valence-corrected chi connectivity index (χ4v) is 0.853. The molecule has 0 aliphatic carbocycles. The standard InChI is InChI=1S/C7H8F3NO/c8-7(9,10)3-6(11)5-1-2-12-4-5/h1-2,4,6H,3,11H2/t6-/m0/s1. The third-order valence-corrected chi connectivity index (χ3v) is 1.42. The van der Waals surface area contributed by atoms with Gasteiger partial charge in [0.15, 0.2) is 0 Å². The van der Waals surface area contributed by atoms with Crippen molar-refractivity contribution in [1.29, 1.82) is 0 Å². The van der Waals surface area contributed by atoms with Crippen LogP contribution in [-0.4, -0.2) is 6.18 Å². The van der Waals surface area contributed by atoms with Crippen molar-refractivity contribution in [3.63, 3.8) is 0 Å². The molecule has 2 nitrogen and oxygen atoms in total. The molecule has 0 fully saturated rings. The Hall–Kier alpha value is -0.970. The molecule has 68 valence electrons. The molecule has 1 atom stereocenters. The van der Waals surface area contributed by atoms with E-state index >= 15 is 0 Å². The third-order valence-electron chi connectivity index (χ3n) is 1.42. The molecule has 0 spiro atoms. The van der Waals surface area contributed by atoms with Crippen LogP contribution in [0, 0.1) is 0 Å². The minimum Gasteiger partial charge on any atom is -0.472 e. The zero-order valence-electron chi connectivity index (χ0n) is 6.14. The maximum Gasteiger partial charge on any atom is 0.390 e. The first-order valence-electron chi connectivity index (χ1n) is 3.33. The second kappa shape index (κ2) is 3.18. The van der Waals surface area contributed by atoms with Crippen LogP contribution in [-0.2, 0) is 0 Å². The fourth-order valence-electron chi connectivity index (χ4n) is 0.853. The van der Waals surface area contributed by atoms with E-state index in [1.54, 1.807) is 0 Å². The quantitative estimate of drug-likeness (QED) is 0.756. The molecular formula is C7H8F3NO. The number of hydrogen-bond donors (Lipinski definition) is 1. The zero-order valence-corrected chi connectivity index (χ0v) is 6.14. The van der Waals surface area contributed by atoms with Gasteiger partial charge in [-0.2, -0.15) is 13.2 Å². The number of halogens is 3. The Kier molecular flexibility index (Phi) is 2.42. The van der Waals surface area contributed by atoms with Gasteiger partial charge in [0.2, 0.25) is 0 Å². The van der Waals surface area contributed by atoms with Crippen LogP contribution < -0.4 is 5.73 Å². The summed E-state index contributed by atoms with van der Waals surface area (Å²) in [5.41, 5.74) is 5.61. The summed E-state index contributed by atoms with van der Waals surface area (Å²) in [4.78, 5) is 0. The van der Waals surface area contributed by atoms with Crippen molar-refractivity contribution in [2.75, 3.05) is 0 Å². The number of alkyl halides is 3. The summed E-state index contributed by atoms with van der Waals surface area (Å²) in [7, 11) is 0. The lowest BCUT2D eigenvalue weighted by Crippen LogP contribution is -2.19. The molecule has 0 aliphatic rings. The van der Waals surface area contributed by atoms with Gasteiger partial charge in [0.1, 0.15) is 0 Å². The van der Waals surface area contributed by atoms with E-state index in [1.807, 2.05) is 0 Å². The third kappa shape index (κ3) is 2.58. The summed E-state index contributed by atoms with van der Waals surface area (Å²) >= 11 is 0. The fraction of sp³-hybridized carbons (Fsp3) is 0.429. The van der Waals surface area contributed by atoms with Crippen LogP contribution in [0.1, 0.15) is 18.0 Å². The molecule has 1 aromatic rings. The van der Waals surface area contributed by atoms with Gasteiger partial charge < -0.3 is 10.2 Å². The Morgan fingerprint density at radius 2 is 2.17 bits per heavy atom. The first kappa shape index (κ1) is 9.12. The van der Waals surface area contributed by atoms with Crippen LogP contribution in [0.25, 0.3) is 0 Å². The lowest BCUT2D eigenvalue weighted by Gasteiger charge is -2.11. The molecule has 0 unspecified atom stereocenters. The number of furan rings is 1. The highest BCUT2D eigenvalue weighted by Crippen LogP contribution is 2.27. The highest BCUT2D eigenvalue weighted by Gasteiger charge is 2.31. The summed E-state index contributed by atoms with van der Waals surface area (Å²) in [6.45, 7) is 0. The molecule has 5 heteroatoms. The Morgan fingerprint density at radius 3 is 2.58 bits per heavy atom. The second-order valence-corrected chi connectivity index (χ2v) is 2.48. The van der Waals surface area contributed by atoms with Gasteiger partial charge in [-0.05, 0) is 6.07 Å². The largest absolute Gasteiger partial charge is 0.472 e. The molecule has 0 bridgehead atoms. The molecule has 1 aromatic heterocycles. The van der Waals surface area contributed by atoms with E-state index in [4.69, 9.17) is 5.73 Å². The molecule has 2 N–H and O–H groups in total. The van der Waals surface area contributed by atoms with Crippen LogP contribution in [0.2, 0.25) is 0 Å². The van der Waals surface area contributed by atoms with Crippen LogP contribution in [0.4, 0.5) is 13.2 Å². The minimum atomic E-state index is -4.23. The summed E-state index contributed by atoms with van der Waals surface area (Å²) in [5, 5.41) is 0. The molecule has 1 heterocycles. The summed E-state index contributed by atoms with van der Waals surface area (Å²) < 4.78 is 40.0. The van der Waals surface area contributed by atoms with Crippen LogP contribution >= 0.6 is 0 Å². The Bertz CT molecular complexity index is 229. The van der Waals surface area contributed by atoms with E-state index in [-0.39, 0.29) is 0 Å². The van der Waals surface area contributed by atoms with Crippen molar-refractivity contribution in [2.24, 2.45) is 5.73 Å². The first-order chi connectivity index (χ1) is 5.49. The van der Waals surface area contributed by atoms with Gasteiger partial charge >= 0.3 is 6.18 Å². The normalized spacial score (nSPS) is 14.7. The first-order valence-corrected chi connectivity index (χ1v) is 3.33. The maximum absolute atomic E-state index is 11.8. The molecule has 12 heavy (non-hydrogen) atoms. The minimum absolute atomic E-state index is 0.368. The van der Waals surface area contributed by atoms with Crippen LogP contribution in [0.3, 0.4) is 0 Å². The monoisotopic (exact) mass is 179 g/mol. The molecule has 0 amide bonds. The van der Waals surface area contributed by atoms with E-state index in [1.165, 1.54) is 18.6 Å². The van der Waals surface area contributed by atoms with Crippen molar-refractivity contribution < 1.29 is 17.6 Å². The number of nitrogens with two attached hydrogens (primary N) is 1. The molecule has 0 radical (unpaired) electrons. The predicted octanol–water partition coefficient (Wildman–Crippen LogP) is 2.23. The maximum atomic E-state index is 11.8. The van der Waals surface area contributed by atoms with Gasteiger partial charge in [0.25, 0.3) is 0 Å². The summed E-state index contributed by atoms with van der Waals surface area (Å²) in [5.74, 6) is 0. The highest BCUT2D eigenvalue weighted by atomic mass is 19.4. The average molecular weight is 179 g/mol. The Labute approximate surface area is 67.2 Å². The van der Waals surface area contributed by atoms with E-state index in [0.717, 1.165) is 0 Å². The van der Waals surface area contributed by atoms with Gasteiger partial charge in [-0.15, -0.1) is 0 Å². The lowest BCUT2D eigenvalue weighted by molar-refractivity contribution is -0.138. The molecular weight excluding hydrogens is 171 g/mol. The SMILES string of the molecule is N[C@@H](CC(F)(F)F)c1ccoc1. The van der Waals surface area contributed by atoms with Gasteiger partial charge in [-0.1, -0.05) is 0 Å². The lowest BCUT2D eigenvalue weighted by atomic mass is 10.1. The van der Waals surface area contributed by atoms with Crippen molar-refractivity contribution in [2.45, 2.75) is 18.6 Å². The second-order valence-electron chi connectivity index (χ2n) is 2.48. The smallest absolute Gasteiger partial charge is 0.390 e. The van der Waals surface area contributed by atoms with E-state index < -0.39 is 18.6 Å². The summed E-state index contributed by atoms with van der Waals surface area (Å²) in [6.07, 6.45) is -2.73. The van der Waals surface area contributed by atoms with Gasteiger partial charge in [-0.3, -0.25) is 0 Å². The van der Waals surface area contributed by atoms with Crippen molar-refractivity contribution in [1.82, 2.24) is 0 Å². The number of rotatable bonds is 2. The molecule has 0 aromatic carbocycles. The molecule has 0 aliphatic heterocycles.